The van der Waals surface area contributed by atoms with Crippen LogP contribution in [0, 0.1) is 5.82 Å². The molecule has 0 fully saturated rings. The summed E-state index contributed by atoms with van der Waals surface area (Å²) in [7, 11) is -3.90. The van der Waals surface area contributed by atoms with Crippen molar-refractivity contribution in [3.63, 3.8) is 0 Å². The van der Waals surface area contributed by atoms with Crippen LogP contribution in [0.15, 0.2) is 126 Å². The fraction of sp³-hybridized carbons (Fsp3) is 0.220. The molecule has 1 N–H and O–H groups in total. The Kier molecular flexibility index (Phi) is 12.2. The van der Waals surface area contributed by atoms with Gasteiger partial charge in [0.05, 0.1) is 47.0 Å². The van der Waals surface area contributed by atoms with E-state index in [0.29, 0.717) is 46.8 Å². The second-order valence-corrected chi connectivity index (χ2v) is 14.7. The minimum Gasteiger partial charge on any atom is -0.494 e. The Morgan fingerprint density at radius 3 is 2.30 bits per heavy atom. The van der Waals surface area contributed by atoms with Gasteiger partial charge in [0.15, 0.2) is 0 Å². The van der Waals surface area contributed by atoms with Gasteiger partial charge in [-0.3, -0.25) is 19.1 Å². The van der Waals surface area contributed by atoms with Gasteiger partial charge in [-0.05, 0) is 84.6 Å². The summed E-state index contributed by atoms with van der Waals surface area (Å²) in [6, 6.07) is 26.4. The molecule has 10 nitrogen and oxygen atoms in total. The van der Waals surface area contributed by atoms with E-state index in [9.17, 15) is 35.6 Å². The molecule has 6 aromatic rings. The number of fused-ring (bicyclic) bond motifs is 1. The number of carbonyl (C=O) groups excluding carboxylic acids is 1. The summed E-state index contributed by atoms with van der Waals surface area (Å²) in [5.41, 5.74) is -0.194. The lowest BCUT2D eigenvalue weighted by Gasteiger charge is -2.33. The summed E-state index contributed by atoms with van der Waals surface area (Å²) in [4.78, 5) is 39.4. The van der Waals surface area contributed by atoms with Crippen molar-refractivity contribution in [2.24, 2.45) is 0 Å². The highest BCUT2D eigenvalue weighted by Gasteiger charge is 2.35. The smallest absolute Gasteiger partial charge is 0.419 e. The van der Waals surface area contributed by atoms with Crippen LogP contribution >= 0.6 is 0 Å². The van der Waals surface area contributed by atoms with Crippen LogP contribution in [0.4, 0.5) is 17.6 Å². The normalized spacial score (nSPS) is 12.4. The molecule has 0 saturated carbocycles. The van der Waals surface area contributed by atoms with Crippen molar-refractivity contribution in [1.29, 1.82) is 0 Å². The molecule has 0 bridgehead atoms. The maximum Gasteiger partial charge on any atom is 0.419 e. The average molecular weight is 788 g/mol. The van der Waals surface area contributed by atoms with Crippen molar-refractivity contribution in [2.75, 3.05) is 13.2 Å². The quantitative estimate of drug-likeness (QED) is 0.110. The van der Waals surface area contributed by atoms with Crippen LogP contribution in [-0.4, -0.2) is 46.9 Å². The van der Waals surface area contributed by atoms with Crippen molar-refractivity contribution < 1.29 is 35.5 Å². The first-order valence-electron chi connectivity index (χ1n) is 17.6. The van der Waals surface area contributed by atoms with Crippen LogP contribution in [-0.2, 0) is 39.7 Å². The van der Waals surface area contributed by atoms with Gasteiger partial charge in [-0.25, -0.2) is 22.5 Å². The number of aromatic nitrogens is 3. The highest BCUT2D eigenvalue weighted by atomic mass is 32.2. The summed E-state index contributed by atoms with van der Waals surface area (Å²) >= 11 is 0. The van der Waals surface area contributed by atoms with E-state index in [0.717, 1.165) is 6.07 Å². The van der Waals surface area contributed by atoms with Gasteiger partial charge in [0, 0.05) is 25.5 Å². The van der Waals surface area contributed by atoms with E-state index in [2.05, 4.69) is 9.71 Å². The van der Waals surface area contributed by atoms with Crippen LogP contribution < -0.4 is 15.0 Å². The van der Waals surface area contributed by atoms with Gasteiger partial charge < -0.3 is 9.64 Å². The van der Waals surface area contributed by atoms with Crippen molar-refractivity contribution in [3.8, 4) is 11.4 Å². The molecular formula is C41H37F4N5O5S. The molecule has 0 radical (unpaired) electrons. The maximum atomic E-state index is 14.7. The van der Waals surface area contributed by atoms with Gasteiger partial charge in [-0.15, -0.1) is 0 Å². The number of hydrogen-bond acceptors (Lipinski definition) is 7. The molecule has 0 saturated heterocycles. The van der Waals surface area contributed by atoms with Crippen LogP contribution in [0.25, 0.3) is 16.6 Å². The van der Waals surface area contributed by atoms with E-state index >= 15 is 0 Å². The van der Waals surface area contributed by atoms with Crippen molar-refractivity contribution >= 4 is 26.8 Å². The molecule has 15 heteroatoms. The number of carbonyl (C=O) groups is 1. The SMILES string of the molecule is CCOc1ccc(-n2c(C(CCNS(=O)(=O)Cc3ccccc3)N(Cc3cccnc3)C(=O)Cc3ccc(C(F)(F)F)c(F)c3)nc3ccccc3c2=O)cc1. The molecule has 0 aliphatic heterocycles. The fourth-order valence-corrected chi connectivity index (χ4v) is 7.50. The van der Waals surface area contributed by atoms with Gasteiger partial charge in [0.1, 0.15) is 17.4 Å². The van der Waals surface area contributed by atoms with Crippen LogP contribution in [0.5, 0.6) is 5.75 Å². The van der Waals surface area contributed by atoms with Crippen molar-refractivity contribution in [3.05, 3.63) is 166 Å². The predicted molar refractivity (Wildman–Crippen MR) is 203 cm³/mol. The zero-order valence-corrected chi connectivity index (χ0v) is 30.9. The Morgan fingerprint density at radius 2 is 1.62 bits per heavy atom. The lowest BCUT2D eigenvalue weighted by Crippen LogP contribution is -2.41. The van der Waals surface area contributed by atoms with Crippen molar-refractivity contribution in [2.45, 2.75) is 44.3 Å². The van der Waals surface area contributed by atoms with Gasteiger partial charge in [-0.1, -0.05) is 54.6 Å². The Labute approximate surface area is 320 Å². The second kappa shape index (κ2) is 17.3. The summed E-state index contributed by atoms with van der Waals surface area (Å²) in [5.74, 6) is -1.89. The molecular weight excluding hydrogens is 751 g/mol. The average Bonchev–Trinajstić information content (AvgIpc) is 3.16. The number of halogens is 4. The van der Waals surface area contributed by atoms with Crippen LogP contribution in [0.2, 0.25) is 0 Å². The van der Waals surface area contributed by atoms with E-state index in [1.807, 2.05) is 6.92 Å². The molecule has 6 rings (SSSR count). The zero-order chi connectivity index (χ0) is 39.9. The third-order valence-corrected chi connectivity index (χ3v) is 10.3. The molecule has 2 aromatic heterocycles. The Hall–Kier alpha value is -5.93. The molecule has 1 unspecified atom stereocenters. The number of nitrogens with one attached hydrogen (secondary N) is 1. The van der Waals surface area contributed by atoms with E-state index in [4.69, 9.17) is 9.72 Å². The van der Waals surface area contributed by atoms with E-state index < -0.39 is 51.5 Å². The predicted octanol–water partition coefficient (Wildman–Crippen LogP) is 7.16. The van der Waals surface area contributed by atoms with E-state index in [1.54, 1.807) is 91.0 Å². The van der Waals surface area contributed by atoms with Crippen LogP contribution in [0.1, 0.15) is 47.5 Å². The van der Waals surface area contributed by atoms with Gasteiger partial charge in [0.25, 0.3) is 5.56 Å². The first-order chi connectivity index (χ1) is 26.8. The number of sulfonamides is 1. The Balaban J connectivity index is 1.49. The van der Waals surface area contributed by atoms with E-state index in [1.165, 1.54) is 21.9 Å². The van der Waals surface area contributed by atoms with Crippen LogP contribution in [0.3, 0.4) is 0 Å². The fourth-order valence-electron chi connectivity index (χ4n) is 6.34. The molecule has 290 valence electrons. The minimum atomic E-state index is -4.94. The second-order valence-electron chi connectivity index (χ2n) is 12.9. The Morgan fingerprint density at radius 1 is 0.911 bits per heavy atom. The third kappa shape index (κ3) is 9.65. The summed E-state index contributed by atoms with van der Waals surface area (Å²) in [6.45, 7) is 1.88. The summed E-state index contributed by atoms with van der Waals surface area (Å²) < 4.78 is 91.1. The molecule has 0 aliphatic rings. The molecule has 1 amide bonds. The van der Waals surface area contributed by atoms with E-state index in [-0.39, 0.29) is 42.0 Å². The number of para-hydroxylation sites is 1. The summed E-state index contributed by atoms with van der Waals surface area (Å²) in [5, 5.41) is 0.276. The first kappa shape index (κ1) is 39.8. The first-order valence-corrected chi connectivity index (χ1v) is 19.3. The number of ether oxygens (including phenoxy) is 1. The Bertz CT molecular complexity index is 2470. The standard InChI is InChI=1S/C41H37F4N5O5S/c1-2-55-32-17-15-31(16-18-32)50-39(48-36-13-7-6-12-33(36)40(50)52)37(20-22-47-56(53,54)27-28-9-4-3-5-10-28)49(26-30-11-8-21-46-25-30)38(51)24-29-14-19-34(35(42)23-29)41(43,44)45/h3-19,21,23,25,37,47H,2,20,22,24,26-27H2,1H3. The van der Waals surface area contributed by atoms with Crippen molar-refractivity contribution in [1.82, 2.24) is 24.2 Å². The molecule has 2 heterocycles. The minimum absolute atomic E-state index is 0.0330. The number of benzene rings is 4. The molecule has 4 aromatic carbocycles. The molecule has 1 atom stereocenters. The highest BCUT2D eigenvalue weighted by Crippen LogP contribution is 2.33. The molecule has 0 aliphatic carbocycles. The number of alkyl halides is 3. The summed E-state index contributed by atoms with van der Waals surface area (Å²) in [6.07, 6.45) is -2.53. The largest absolute Gasteiger partial charge is 0.494 e. The van der Waals surface area contributed by atoms with Gasteiger partial charge >= 0.3 is 6.18 Å². The third-order valence-electron chi connectivity index (χ3n) is 8.91. The number of hydrogen-bond donors (Lipinski definition) is 1. The monoisotopic (exact) mass is 787 g/mol. The number of rotatable bonds is 15. The highest BCUT2D eigenvalue weighted by molar-refractivity contribution is 7.88. The molecule has 0 spiro atoms. The van der Waals surface area contributed by atoms with Gasteiger partial charge in [0.2, 0.25) is 15.9 Å². The number of pyridine rings is 1. The lowest BCUT2D eigenvalue weighted by molar-refractivity contribution is -0.140. The lowest BCUT2D eigenvalue weighted by atomic mass is 10.0. The number of nitrogens with zero attached hydrogens (tertiary/aromatic N) is 4. The van der Waals surface area contributed by atoms with Gasteiger partial charge in [-0.2, -0.15) is 13.2 Å². The maximum absolute atomic E-state index is 14.7. The zero-order valence-electron chi connectivity index (χ0n) is 30.1. The topological polar surface area (TPSA) is 123 Å². The number of amides is 1. The molecule has 56 heavy (non-hydrogen) atoms.